The third-order valence-corrected chi connectivity index (χ3v) is 3.30. The Hall–Kier alpha value is -1.26. The van der Waals surface area contributed by atoms with E-state index in [1.54, 1.807) is 4.90 Å². The van der Waals surface area contributed by atoms with Crippen LogP contribution in [0.3, 0.4) is 0 Å². The van der Waals surface area contributed by atoms with Gasteiger partial charge in [-0.05, 0) is 18.3 Å². The summed E-state index contributed by atoms with van der Waals surface area (Å²) >= 11 is 0. The molecule has 0 spiro atoms. The van der Waals surface area contributed by atoms with Gasteiger partial charge in [-0.15, -0.1) is 0 Å². The van der Waals surface area contributed by atoms with Gasteiger partial charge in [-0.1, -0.05) is 20.8 Å². The molecule has 0 aromatic heterocycles. The quantitative estimate of drug-likeness (QED) is 0.799. The molecule has 0 radical (unpaired) electrons. The summed E-state index contributed by atoms with van der Waals surface area (Å²) in [6, 6.07) is 0.339. The van der Waals surface area contributed by atoms with Crippen LogP contribution in [0.1, 0.15) is 33.6 Å². The number of nitrogens with zero attached hydrogens (tertiary/aromatic N) is 2. The van der Waals surface area contributed by atoms with Crippen LogP contribution in [0.2, 0.25) is 0 Å². The van der Waals surface area contributed by atoms with Gasteiger partial charge in [-0.25, -0.2) is 4.79 Å². The van der Waals surface area contributed by atoms with Crippen LogP contribution in [0.15, 0.2) is 0 Å². The van der Waals surface area contributed by atoms with E-state index >= 15 is 0 Å². The summed E-state index contributed by atoms with van der Waals surface area (Å²) in [4.78, 5) is 27.4. The molecule has 5 nitrogen and oxygen atoms in total. The molecule has 1 aliphatic carbocycles. The minimum atomic E-state index is -0.117. The molecule has 102 valence electrons. The van der Waals surface area contributed by atoms with E-state index in [2.05, 4.69) is 26.1 Å². The Morgan fingerprint density at radius 3 is 2.50 bits per heavy atom. The maximum absolute atomic E-state index is 11.9. The second-order valence-corrected chi connectivity index (χ2v) is 6.46. The molecule has 3 amide bonds. The van der Waals surface area contributed by atoms with Crippen molar-refractivity contribution in [2.75, 3.05) is 26.2 Å². The van der Waals surface area contributed by atoms with Crippen LogP contribution in [0.4, 0.5) is 4.79 Å². The molecule has 0 aromatic carbocycles. The Kier molecular flexibility index (Phi) is 3.50. The highest BCUT2D eigenvalue weighted by molar-refractivity contribution is 5.85. The molecule has 2 fully saturated rings. The van der Waals surface area contributed by atoms with Crippen molar-refractivity contribution >= 4 is 11.9 Å². The molecular weight excluding hydrogens is 230 g/mol. The van der Waals surface area contributed by atoms with Crippen LogP contribution < -0.4 is 5.32 Å². The first-order valence-corrected chi connectivity index (χ1v) is 6.69. The van der Waals surface area contributed by atoms with Crippen molar-refractivity contribution in [1.82, 2.24) is 15.1 Å². The maximum atomic E-state index is 11.9. The van der Waals surface area contributed by atoms with E-state index in [1.165, 1.54) is 0 Å². The number of hydrogen-bond acceptors (Lipinski definition) is 2. The van der Waals surface area contributed by atoms with Gasteiger partial charge in [0.25, 0.3) is 0 Å². The van der Waals surface area contributed by atoms with Gasteiger partial charge >= 0.3 is 6.03 Å². The first-order valence-electron chi connectivity index (χ1n) is 6.69. The average molecular weight is 253 g/mol. The van der Waals surface area contributed by atoms with Gasteiger partial charge in [0.15, 0.2) is 0 Å². The van der Waals surface area contributed by atoms with Crippen LogP contribution in [0.25, 0.3) is 0 Å². The zero-order valence-corrected chi connectivity index (χ0v) is 11.5. The Labute approximate surface area is 108 Å². The number of carbonyl (C=O) groups is 2. The second-order valence-electron chi connectivity index (χ2n) is 6.46. The van der Waals surface area contributed by atoms with Gasteiger partial charge in [0, 0.05) is 25.7 Å². The standard InChI is InChI=1S/C13H23N3O2/c1-13(2,3)9-14-12(18)15-6-7-16(10-4-5-10)11(17)8-15/h10H,4-9H2,1-3H3,(H,14,18). The summed E-state index contributed by atoms with van der Waals surface area (Å²) in [7, 11) is 0. The molecule has 18 heavy (non-hydrogen) atoms. The van der Waals surface area contributed by atoms with Crippen molar-refractivity contribution in [3.63, 3.8) is 0 Å². The van der Waals surface area contributed by atoms with E-state index in [1.807, 2.05) is 4.90 Å². The first kappa shape index (κ1) is 13.2. The SMILES string of the molecule is CC(C)(C)CNC(=O)N1CCN(C2CC2)C(=O)C1. The van der Waals surface area contributed by atoms with E-state index in [4.69, 9.17) is 0 Å². The summed E-state index contributed by atoms with van der Waals surface area (Å²) in [6.45, 7) is 8.41. The highest BCUT2D eigenvalue weighted by Gasteiger charge is 2.36. The number of hydrogen-bond donors (Lipinski definition) is 1. The molecule has 2 rings (SSSR count). The number of rotatable bonds is 2. The summed E-state index contributed by atoms with van der Waals surface area (Å²) in [5.41, 5.74) is 0.0650. The van der Waals surface area contributed by atoms with Crippen LogP contribution in [-0.2, 0) is 4.79 Å². The molecule has 0 aromatic rings. The summed E-state index contributed by atoms with van der Waals surface area (Å²) in [5, 5.41) is 2.89. The highest BCUT2D eigenvalue weighted by Crippen LogP contribution is 2.28. The number of piperazine rings is 1. The zero-order chi connectivity index (χ0) is 13.3. The third kappa shape index (κ3) is 3.37. The van der Waals surface area contributed by atoms with E-state index in [9.17, 15) is 9.59 Å². The lowest BCUT2D eigenvalue weighted by Gasteiger charge is -2.35. The fraction of sp³-hybridized carbons (Fsp3) is 0.846. The lowest BCUT2D eigenvalue weighted by atomic mass is 9.97. The van der Waals surface area contributed by atoms with Gasteiger partial charge in [0.2, 0.25) is 5.91 Å². The van der Waals surface area contributed by atoms with E-state index < -0.39 is 0 Å². The van der Waals surface area contributed by atoms with E-state index in [0.717, 1.165) is 12.8 Å². The van der Waals surface area contributed by atoms with Crippen molar-refractivity contribution in [2.45, 2.75) is 39.7 Å². The van der Waals surface area contributed by atoms with Crippen molar-refractivity contribution in [2.24, 2.45) is 5.41 Å². The first-order chi connectivity index (χ1) is 8.37. The average Bonchev–Trinajstić information content (AvgIpc) is 3.08. The van der Waals surface area contributed by atoms with Gasteiger partial charge < -0.3 is 15.1 Å². The molecule has 0 unspecified atom stereocenters. The van der Waals surface area contributed by atoms with Crippen molar-refractivity contribution < 1.29 is 9.59 Å². The van der Waals surface area contributed by atoms with Crippen LogP contribution >= 0.6 is 0 Å². The molecule has 1 N–H and O–H groups in total. The summed E-state index contributed by atoms with van der Waals surface area (Å²) < 4.78 is 0. The molecule has 1 saturated carbocycles. The molecule has 1 heterocycles. The van der Waals surface area contributed by atoms with Gasteiger partial charge in [0.05, 0.1) is 0 Å². The normalized spacial score (nSPS) is 21.2. The van der Waals surface area contributed by atoms with E-state index in [0.29, 0.717) is 25.7 Å². The maximum Gasteiger partial charge on any atom is 0.317 e. The summed E-state index contributed by atoms with van der Waals surface area (Å²) in [5.74, 6) is 0.0923. The van der Waals surface area contributed by atoms with Gasteiger partial charge in [-0.3, -0.25) is 4.79 Å². The van der Waals surface area contributed by atoms with Crippen molar-refractivity contribution in [1.29, 1.82) is 0 Å². The lowest BCUT2D eigenvalue weighted by molar-refractivity contribution is -0.135. The molecule has 1 aliphatic heterocycles. The van der Waals surface area contributed by atoms with Crippen LogP contribution in [0, 0.1) is 5.41 Å². The molecule has 1 saturated heterocycles. The van der Waals surface area contributed by atoms with Gasteiger partial charge in [-0.2, -0.15) is 0 Å². The van der Waals surface area contributed by atoms with Gasteiger partial charge in [0.1, 0.15) is 6.54 Å². The Morgan fingerprint density at radius 2 is 2.00 bits per heavy atom. The lowest BCUT2D eigenvalue weighted by Crippen LogP contribution is -2.55. The minimum Gasteiger partial charge on any atom is -0.337 e. The van der Waals surface area contributed by atoms with E-state index in [-0.39, 0.29) is 23.9 Å². The largest absolute Gasteiger partial charge is 0.337 e. The predicted octanol–water partition coefficient (Wildman–Crippen LogP) is 1.05. The number of nitrogens with one attached hydrogen (secondary N) is 1. The minimum absolute atomic E-state index is 0.0650. The van der Waals surface area contributed by atoms with Crippen molar-refractivity contribution in [3.8, 4) is 0 Å². The molecule has 0 bridgehead atoms. The van der Waals surface area contributed by atoms with Crippen LogP contribution in [-0.4, -0.2) is 54.0 Å². The third-order valence-electron chi connectivity index (χ3n) is 3.30. The van der Waals surface area contributed by atoms with Crippen molar-refractivity contribution in [3.05, 3.63) is 0 Å². The molecule has 5 heteroatoms. The fourth-order valence-electron chi connectivity index (χ4n) is 2.08. The number of urea groups is 1. The predicted molar refractivity (Wildman–Crippen MR) is 69.2 cm³/mol. The molecule has 2 aliphatic rings. The monoisotopic (exact) mass is 253 g/mol. The highest BCUT2D eigenvalue weighted by atomic mass is 16.2. The smallest absolute Gasteiger partial charge is 0.317 e. The van der Waals surface area contributed by atoms with Crippen LogP contribution in [0.5, 0.6) is 0 Å². The number of amides is 3. The molecular formula is C13H23N3O2. The zero-order valence-electron chi connectivity index (χ0n) is 11.5. The Bertz CT molecular complexity index is 345. The number of carbonyl (C=O) groups excluding carboxylic acids is 2. The second kappa shape index (κ2) is 4.78. The Morgan fingerprint density at radius 1 is 1.33 bits per heavy atom. The topological polar surface area (TPSA) is 52.7 Å². The summed E-state index contributed by atoms with van der Waals surface area (Å²) in [6.07, 6.45) is 2.25. The fourth-order valence-corrected chi connectivity index (χ4v) is 2.08. The Balaban J connectivity index is 1.80. The molecule has 0 atom stereocenters.